The van der Waals surface area contributed by atoms with Gasteiger partial charge in [-0.2, -0.15) is 0 Å². The van der Waals surface area contributed by atoms with Gasteiger partial charge in [-0.25, -0.2) is 4.79 Å². The van der Waals surface area contributed by atoms with Crippen molar-refractivity contribution in [3.05, 3.63) is 23.8 Å². The first-order chi connectivity index (χ1) is 11.7. The van der Waals surface area contributed by atoms with Gasteiger partial charge in [0.2, 0.25) is 11.8 Å². The van der Waals surface area contributed by atoms with Gasteiger partial charge in [0.05, 0.1) is 19.7 Å². The second kappa shape index (κ2) is 11.3. The first-order valence-electron chi connectivity index (χ1n) is 7.88. The number of rotatable bonds is 8. The van der Waals surface area contributed by atoms with Crippen LogP contribution in [0.3, 0.4) is 0 Å². The molecule has 1 aromatic rings. The molecule has 0 aliphatic rings. The lowest BCUT2D eigenvalue weighted by atomic mass is 10.1. The Hall–Kier alpha value is -2.32. The number of benzene rings is 1. The number of hydrogen-bond donors (Lipinski definition) is 3. The molecule has 146 valence electrons. The van der Waals surface area contributed by atoms with Crippen LogP contribution in [-0.4, -0.2) is 44.1 Å². The largest absolute Gasteiger partial charge is 0.482 e. The Morgan fingerprint density at radius 3 is 2.42 bits per heavy atom. The van der Waals surface area contributed by atoms with Crippen LogP contribution in [0.1, 0.15) is 19.4 Å². The average molecular weight is 388 g/mol. The Bertz CT molecular complexity index is 637. The number of hydrogen-bond acceptors (Lipinski definition) is 6. The highest BCUT2D eigenvalue weighted by Gasteiger charge is 2.17. The van der Waals surface area contributed by atoms with Crippen LogP contribution in [-0.2, 0) is 19.1 Å². The summed E-state index contributed by atoms with van der Waals surface area (Å²) in [5.74, 6) is -0.741. The average Bonchev–Trinajstić information content (AvgIpc) is 2.58. The van der Waals surface area contributed by atoms with Crippen LogP contribution in [0.4, 0.5) is 5.69 Å². The fourth-order valence-electron chi connectivity index (χ4n) is 1.85. The molecule has 0 bridgehead atoms. The van der Waals surface area contributed by atoms with Crippen LogP contribution < -0.4 is 21.1 Å². The molecule has 0 saturated carbocycles. The van der Waals surface area contributed by atoms with Crippen molar-refractivity contribution in [2.75, 3.05) is 25.6 Å². The molecule has 0 unspecified atom stereocenters. The molecule has 0 saturated heterocycles. The van der Waals surface area contributed by atoms with Crippen LogP contribution in [0.2, 0.25) is 0 Å². The number of halogens is 1. The van der Waals surface area contributed by atoms with Gasteiger partial charge in [0, 0.05) is 5.69 Å². The van der Waals surface area contributed by atoms with E-state index in [2.05, 4.69) is 15.4 Å². The highest BCUT2D eigenvalue weighted by molar-refractivity contribution is 5.95. The molecule has 0 radical (unpaired) electrons. The zero-order valence-corrected chi connectivity index (χ0v) is 16.1. The number of nitrogens with two attached hydrogens (primary N) is 1. The third-order valence-corrected chi connectivity index (χ3v) is 3.50. The van der Waals surface area contributed by atoms with E-state index in [9.17, 15) is 14.4 Å². The maximum absolute atomic E-state index is 11.9. The molecule has 0 spiro atoms. The lowest BCUT2D eigenvalue weighted by molar-refractivity contribution is -0.142. The lowest BCUT2D eigenvalue weighted by Crippen LogP contribution is -2.46. The minimum atomic E-state index is -0.652. The topological polar surface area (TPSA) is 120 Å². The van der Waals surface area contributed by atoms with Crippen molar-refractivity contribution in [3.8, 4) is 5.75 Å². The van der Waals surface area contributed by atoms with Crippen LogP contribution in [0.5, 0.6) is 5.75 Å². The normalized spacial score (nSPS) is 11.2. The number of ether oxygens (including phenoxy) is 2. The minimum Gasteiger partial charge on any atom is -0.482 e. The Morgan fingerprint density at radius 2 is 1.88 bits per heavy atom. The molecule has 0 fully saturated rings. The molecule has 26 heavy (non-hydrogen) atoms. The summed E-state index contributed by atoms with van der Waals surface area (Å²) in [6, 6.07) is 4.31. The number of carbonyl (C=O) groups excluding carboxylic acids is 3. The maximum Gasteiger partial charge on any atom is 0.343 e. The quantitative estimate of drug-likeness (QED) is 0.572. The van der Waals surface area contributed by atoms with Crippen LogP contribution in [0.25, 0.3) is 0 Å². The zero-order chi connectivity index (χ0) is 19.0. The van der Waals surface area contributed by atoms with Crippen molar-refractivity contribution < 1.29 is 23.9 Å². The van der Waals surface area contributed by atoms with E-state index in [1.165, 1.54) is 7.11 Å². The zero-order valence-electron chi connectivity index (χ0n) is 15.3. The van der Waals surface area contributed by atoms with E-state index in [4.69, 9.17) is 10.5 Å². The number of methoxy groups -OCH3 is 1. The number of nitrogens with one attached hydrogen (secondary N) is 2. The van der Waals surface area contributed by atoms with Gasteiger partial charge in [0.1, 0.15) is 5.75 Å². The highest BCUT2D eigenvalue weighted by atomic mass is 35.5. The molecule has 0 heterocycles. The summed E-state index contributed by atoms with van der Waals surface area (Å²) in [6.07, 6.45) is 0. The second-order valence-corrected chi connectivity index (χ2v) is 5.88. The van der Waals surface area contributed by atoms with Gasteiger partial charge >= 0.3 is 5.97 Å². The molecule has 4 N–H and O–H groups in total. The fourth-order valence-corrected chi connectivity index (χ4v) is 1.85. The van der Waals surface area contributed by atoms with Gasteiger partial charge in [-0.15, -0.1) is 12.4 Å². The van der Waals surface area contributed by atoms with E-state index in [1.807, 2.05) is 13.8 Å². The molecule has 1 aromatic carbocycles. The summed E-state index contributed by atoms with van der Waals surface area (Å²) in [5.41, 5.74) is 7.04. The third-order valence-electron chi connectivity index (χ3n) is 3.50. The van der Waals surface area contributed by atoms with Crippen molar-refractivity contribution in [3.63, 3.8) is 0 Å². The standard InChI is InChI=1S/C17H25N3O5.ClH/c1-10(2)16(18)17(23)19-8-14(21)20-13-6-5-12(7-11(13)3)25-9-15(22)24-4;/h5-7,10,16H,8-9,18H2,1-4H3,(H,19,23)(H,20,21);1H/t16-;/m0./s1. The Labute approximate surface area is 159 Å². The summed E-state index contributed by atoms with van der Waals surface area (Å²) in [4.78, 5) is 34.7. The SMILES string of the molecule is COC(=O)COc1ccc(NC(=O)CNC(=O)[C@@H](N)C(C)C)c(C)c1.Cl. The van der Waals surface area contributed by atoms with Crippen molar-refractivity contribution in [2.24, 2.45) is 11.7 Å². The van der Waals surface area contributed by atoms with Crippen LogP contribution in [0.15, 0.2) is 18.2 Å². The van der Waals surface area contributed by atoms with E-state index in [1.54, 1.807) is 25.1 Å². The van der Waals surface area contributed by atoms with Gasteiger partial charge in [-0.1, -0.05) is 13.8 Å². The van der Waals surface area contributed by atoms with Crippen molar-refractivity contribution >= 4 is 35.9 Å². The van der Waals surface area contributed by atoms with Crippen LogP contribution in [0, 0.1) is 12.8 Å². The van der Waals surface area contributed by atoms with Crippen molar-refractivity contribution in [1.29, 1.82) is 0 Å². The number of carbonyl (C=O) groups is 3. The number of anilines is 1. The molecular weight excluding hydrogens is 362 g/mol. The molecule has 0 aromatic heterocycles. The number of esters is 1. The van der Waals surface area contributed by atoms with Crippen molar-refractivity contribution in [2.45, 2.75) is 26.8 Å². The minimum absolute atomic E-state index is 0. The second-order valence-electron chi connectivity index (χ2n) is 5.88. The summed E-state index contributed by atoms with van der Waals surface area (Å²) in [5, 5.41) is 5.20. The first-order valence-corrected chi connectivity index (χ1v) is 7.88. The fraction of sp³-hybridized carbons (Fsp3) is 0.471. The van der Waals surface area contributed by atoms with Crippen LogP contribution >= 0.6 is 12.4 Å². The van der Waals surface area contributed by atoms with E-state index >= 15 is 0 Å². The summed E-state index contributed by atoms with van der Waals surface area (Å²) >= 11 is 0. The maximum atomic E-state index is 11.9. The van der Waals surface area contributed by atoms with E-state index in [0.717, 1.165) is 5.56 Å². The molecule has 1 rings (SSSR count). The van der Waals surface area contributed by atoms with E-state index in [0.29, 0.717) is 11.4 Å². The Kier molecular flexibility index (Phi) is 10.3. The summed E-state index contributed by atoms with van der Waals surface area (Å²) in [6.45, 7) is 5.09. The molecule has 9 heteroatoms. The van der Waals surface area contributed by atoms with Crippen molar-refractivity contribution in [1.82, 2.24) is 5.32 Å². The summed E-state index contributed by atoms with van der Waals surface area (Å²) < 4.78 is 9.76. The molecular formula is C17H26ClN3O5. The number of aryl methyl sites for hydroxylation is 1. The first kappa shape index (κ1) is 23.7. The summed E-state index contributed by atoms with van der Waals surface area (Å²) in [7, 11) is 1.28. The third kappa shape index (κ3) is 7.71. The van der Waals surface area contributed by atoms with Gasteiger partial charge < -0.3 is 25.8 Å². The van der Waals surface area contributed by atoms with Gasteiger partial charge in [0.25, 0.3) is 0 Å². The predicted molar refractivity (Wildman–Crippen MR) is 100 cm³/mol. The smallest absolute Gasteiger partial charge is 0.343 e. The monoisotopic (exact) mass is 387 g/mol. The Balaban J connectivity index is 0.00000625. The van der Waals surface area contributed by atoms with Gasteiger partial charge in [-0.05, 0) is 36.6 Å². The molecule has 1 atom stereocenters. The van der Waals surface area contributed by atoms with Gasteiger partial charge in [0.15, 0.2) is 6.61 Å². The lowest BCUT2D eigenvalue weighted by Gasteiger charge is -2.15. The molecule has 2 amide bonds. The number of amides is 2. The van der Waals surface area contributed by atoms with E-state index < -0.39 is 12.0 Å². The molecule has 0 aliphatic carbocycles. The molecule has 8 nitrogen and oxygen atoms in total. The molecule has 0 aliphatic heterocycles. The Morgan fingerprint density at radius 1 is 1.23 bits per heavy atom. The van der Waals surface area contributed by atoms with Gasteiger partial charge in [-0.3, -0.25) is 9.59 Å². The predicted octanol–water partition coefficient (Wildman–Crippen LogP) is 1.01. The van der Waals surface area contributed by atoms with E-state index in [-0.39, 0.29) is 43.3 Å². The highest BCUT2D eigenvalue weighted by Crippen LogP contribution is 2.21.